The second-order valence-corrected chi connectivity index (χ2v) is 5.87. The number of rotatable bonds is 1. The second kappa shape index (κ2) is 4.49. The van der Waals surface area contributed by atoms with Crippen molar-refractivity contribution in [2.45, 2.75) is 19.4 Å². The number of piperazine rings is 1. The molecule has 0 aromatic heterocycles. The molecule has 100 valence electrons. The minimum Gasteiger partial charge on any atom is -0.368 e. The molecule has 0 atom stereocenters. The number of hydrogen-bond donors (Lipinski definition) is 1. The highest BCUT2D eigenvalue weighted by Gasteiger charge is 2.26. The lowest BCUT2D eigenvalue weighted by atomic mass is 10.00. The Balaban J connectivity index is 2.05. The Labute approximate surface area is 113 Å². The fourth-order valence-electron chi connectivity index (χ4n) is 2.86. The predicted octanol–water partition coefficient (Wildman–Crippen LogP) is 3.17. The second-order valence-electron chi connectivity index (χ2n) is 5.87. The van der Waals surface area contributed by atoms with Gasteiger partial charge in [0.05, 0.1) is 0 Å². The summed E-state index contributed by atoms with van der Waals surface area (Å²) >= 11 is 0. The number of hydrogen-bond acceptors (Lipinski definition) is 2. The Kier molecular flexibility index (Phi) is 2.94. The molecule has 0 aliphatic carbocycles. The van der Waals surface area contributed by atoms with E-state index in [2.05, 4.69) is 30.1 Å². The number of fused-ring (bicyclic) bond motifs is 1. The van der Waals surface area contributed by atoms with Crippen LogP contribution < -0.4 is 10.2 Å². The fourth-order valence-corrected chi connectivity index (χ4v) is 2.86. The van der Waals surface area contributed by atoms with E-state index < -0.39 is 0 Å². The molecular formula is C16H19FN2. The Morgan fingerprint density at radius 2 is 2.05 bits per heavy atom. The number of benzene rings is 2. The lowest BCUT2D eigenvalue weighted by Crippen LogP contribution is -2.57. The maximum Gasteiger partial charge on any atom is 0.123 e. The summed E-state index contributed by atoms with van der Waals surface area (Å²) in [6.07, 6.45) is 0. The molecule has 0 radical (unpaired) electrons. The van der Waals surface area contributed by atoms with Gasteiger partial charge in [0.15, 0.2) is 0 Å². The van der Waals surface area contributed by atoms with Crippen molar-refractivity contribution in [3.63, 3.8) is 0 Å². The third-order valence-electron chi connectivity index (χ3n) is 3.73. The molecule has 0 bridgehead atoms. The molecule has 1 heterocycles. The quantitative estimate of drug-likeness (QED) is 0.845. The maximum absolute atomic E-state index is 13.3. The van der Waals surface area contributed by atoms with Crippen LogP contribution in [-0.4, -0.2) is 25.2 Å². The van der Waals surface area contributed by atoms with Crippen molar-refractivity contribution in [3.05, 3.63) is 42.2 Å². The molecule has 0 saturated carbocycles. The summed E-state index contributed by atoms with van der Waals surface area (Å²) in [7, 11) is 0. The maximum atomic E-state index is 13.3. The zero-order chi connectivity index (χ0) is 13.5. The van der Waals surface area contributed by atoms with E-state index in [4.69, 9.17) is 0 Å². The molecule has 1 saturated heterocycles. The largest absolute Gasteiger partial charge is 0.368 e. The summed E-state index contributed by atoms with van der Waals surface area (Å²) in [5, 5.41) is 5.61. The zero-order valence-corrected chi connectivity index (χ0v) is 11.4. The van der Waals surface area contributed by atoms with Crippen molar-refractivity contribution in [2.24, 2.45) is 0 Å². The molecule has 2 aromatic carbocycles. The van der Waals surface area contributed by atoms with Crippen LogP contribution in [0.4, 0.5) is 10.1 Å². The van der Waals surface area contributed by atoms with Gasteiger partial charge in [0.25, 0.3) is 0 Å². The van der Waals surface area contributed by atoms with Gasteiger partial charge in [0.2, 0.25) is 0 Å². The summed E-state index contributed by atoms with van der Waals surface area (Å²) in [6, 6.07) is 11.1. The smallest absolute Gasteiger partial charge is 0.123 e. The van der Waals surface area contributed by atoms with Crippen LogP contribution in [0, 0.1) is 5.82 Å². The zero-order valence-electron chi connectivity index (χ0n) is 11.4. The summed E-state index contributed by atoms with van der Waals surface area (Å²) in [5.41, 5.74) is 1.31. The normalized spacial score (nSPS) is 18.8. The number of halogens is 1. The molecule has 2 nitrogen and oxygen atoms in total. The lowest BCUT2D eigenvalue weighted by Gasteiger charge is -2.40. The number of nitrogens with zero attached hydrogens (tertiary/aromatic N) is 1. The van der Waals surface area contributed by atoms with Gasteiger partial charge in [-0.2, -0.15) is 0 Å². The summed E-state index contributed by atoms with van der Waals surface area (Å²) in [4.78, 5) is 2.39. The monoisotopic (exact) mass is 258 g/mol. The highest BCUT2D eigenvalue weighted by Crippen LogP contribution is 2.29. The molecule has 1 fully saturated rings. The third-order valence-corrected chi connectivity index (χ3v) is 3.73. The SMILES string of the molecule is CC1(C)CN(c2cccc3cc(F)ccc23)CCN1. The van der Waals surface area contributed by atoms with E-state index >= 15 is 0 Å². The first kappa shape index (κ1) is 12.4. The summed E-state index contributed by atoms with van der Waals surface area (Å²) in [6.45, 7) is 7.35. The van der Waals surface area contributed by atoms with Crippen molar-refractivity contribution in [2.75, 3.05) is 24.5 Å². The van der Waals surface area contributed by atoms with Crippen molar-refractivity contribution < 1.29 is 4.39 Å². The molecule has 19 heavy (non-hydrogen) atoms. The topological polar surface area (TPSA) is 15.3 Å². The van der Waals surface area contributed by atoms with Crippen molar-refractivity contribution in [1.29, 1.82) is 0 Å². The summed E-state index contributed by atoms with van der Waals surface area (Å²) in [5.74, 6) is -0.176. The molecule has 2 aromatic rings. The van der Waals surface area contributed by atoms with Gasteiger partial charge in [-0.15, -0.1) is 0 Å². The highest BCUT2D eigenvalue weighted by molar-refractivity contribution is 5.94. The number of anilines is 1. The van der Waals surface area contributed by atoms with Gasteiger partial charge in [-0.3, -0.25) is 0 Å². The van der Waals surface area contributed by atoms with Crippen LogP contribution in [0.5, 0.6) is 0 Å². The first-order chi connectivity index (χ1) is 9.05. The summed E-state index contributed by atoms with van der Waals surface area (Å²) < 4.78 is 13.3. The van der Waals surface area contributed by atoms with E-state index in [1.807, 2.05) is 18.2 Å². The molecule has 1 N–H and O–H groups in total. The molecule has 1 aliphatic heterocycles. The van der Waals surface area contributed by atoms with Gasteiger partial charge in [-0.25, -0.2) is 4.39 Å². The minimum atomic E-state index is -0.176. The average molecular weight is 258 g/mol. The van der Waals surface area contributed by atoms with Crippen molar-refractivity contribution in [1.82, 2.24) is 5.32 Å². The lowest BCUT2D eigenvalue weighted by molar-refractivity contribution is 0.353. The van der Waals surface area contributed by atoms with Crippen LogP contribution in [0.15, 0.2) is 36.4 Å². The van der Waals surface area contributed by atoms with Crippen LogP contribution in [0.25, 0.3) is 10.8 Å². The first-order valence-corrected chi connectivity index (χ1v) is 6.73. The van der Waals surface area contributed by atoms with E-state index in [0.29, 0.717) is 0 Å². The van der Waals surface area contributed by atoms with E-state index in [9.17, 15) is 4.39 Å². The third kappa shape index (κ3) is 2.43. The van der Waals surface area contributed by atoms with Crippen LogP contribution in [0.1, 0.15) is 13.8 Å². The van der Waals surface area contributed by atoms with E-state index in [1.165, 1.54) is 5.69 Å². The molecular weight excluding hydrogens is 239 g/mol. The molecule has 1 aliphatic rings. The van der Waals surface area contributed by atoms with Gasteiger partial charge >= 0.3 is 0 Å². The Morgan fingerprint density at radius 3 is 2.84 bits per heavy atom. The molecule has 0 spiro atoms. The predicted molar refractivity (Wildman–Crippen MR) is 78.2 cm³/mol. The molecule has 3 rings (SSSR count). The van der Waals surface area contributed by atoms with Gasteiger partial charge in [-0.05, 0) is 43.5 Å². The van der Waals surface area contributed by atoms with E-state index in [-0.39, 0.29) is 11.4 Å². The highest BCUT2D eigenvalue weighted by atomic mass is 19.1. The van der Waals surface area contributed by atoms with Crippen LogP contribution in [0.2, 0.25) is 0 Å². The van der Waals surface area contributed by atoms with E-state index in [0.717, 1.165) is 30.4 Å². The van der Waals surface area contributed by atoms with Gasteiger partial charge < -0.3 is 10.2 Å². The number of nitrogens with one attached hydrogen (secondary N) is 1. The van der Waals surface area contributed by atoms with Crippen LogP contribution >= 0.6 is 0 Å². The van der Waals surface area contributed by atoms with Gasteiger partial charge in [0, 0.05) is 36.2 Å². The molecule has 3 heteroatoms. The Morgan fingerprint density at radius 1 is 1.21 bits per heavy atom. The van der Waals surface area contributed by atoms with Crippen LogP contribution in [0.3, 0.4) is 0 Å². The Hall–Kier alpha value is -1.61. The van der Waals surface area contributed by atoms with Crippen molar-refractivity contribution in [3.8, 4) is 0 Å². The van der Waals surface area contributed by atoms with Gasteiger partial charge in [0.1, 0.15) is 5.82 Å². The Bertz CT molecular complexity index is 607. The standard InChI is InChI=1S/C16H19FN2/c1-16(2)11-19(9-8-18-16)15-5-3-4-12-10-13(17)6-7-14(12)15/h3-7,10,18H,8-9,11H2,1-2H3. The molecule has 0 unspecified atom stereocenters. The minimum absolute atomic E-state index is 0.112. The average Bonchev–Trinajstić information content (AvgIpc) is 2.36. The van der Waals surface area contributed by atoms with E-state index in [1.54, 1.807) is 12.1 Å². The van der Waals surface area contributed by atoms with Crippen molar-refractivity contribution >= 4 is 16.5 Å². The van der Waals surface area contributed by atoms with Gasteiger partial charge in [-0.1, -0.05) is 12.1 Å². The molecule has 0 amide bonds. The van der Waals surface area contributed by atoms with Crippen LogP contribution in [-0.2, 0) is 0 Å². The fraction of sp³-hybridized carbons (Fsp3) is 0.375. The first-order valence-electron chi connectivity index (χ1n) is 6.73.